The van der Waals surface area contributed by atoms with Crippen LogP contribution in [-0.4, -0.2) is 45.1 Å². The largest absolute Gasteiger partial charge is 0.382 e. The molecule has 5 heterocycles. The molecule has 0 fully saturated rings. The minimum atomic E-state index is -0.183. The predicted molar refractivity (Wildman–Crippen MR) is 152 cm³/mol. The van der Waals surface area contributed by atoms with Crippen molar-refractivity contribution in [2.24, 2.45) is 0 Å². The molecule has 11 nitrogen and oxygen atoms in total. The van der Waals surface area contributed by atoms with E-state index < -0.39 is 0 Å². The average Bonchev–Trinajstić information content (AvgIpc) is 3.68. The van der Waals surface area contributed by atoms with Crippen molar-refractivity contribution in [3.63, 3.8) is 0 Å². The van der Waals surface area contributed by atoms with Gasteiger partial charge in [-0.2, -0.15) is 10.2 Å². The first-order valence-corrected chi connectivity index (χ1v) is 13.0. The number of anilines is 2. The van der Waals surface area contributed by atoms with Gasteiger partial charge in [0.1, 0.15) is 28.4 Å². The average molecular weight is 557 g/mol. The lowest BCUT2D eigenvalue weighted by Crippen LogP contribution is -2.20. The maximum Gasteiger partial charge on any atom is 0.327 e. The van der Waals surface area contributed by atoms with E-state index in [2.05, 4.69) is 44.3 Å². The van der Waals surface area contributed by atoms with Gasteiger partial charge in [0.2, 0.25) is 0 Å². The molecule has 0 aliphatic carbocycles. The molecule has 5 rings (SSSR count). The Morgan fingerprint density at radius 2 is 1.58 bits per heavy atom. The molecule has 0 spiro atoms. The molecule has 0 radical (unpaired) electrons. The monoisotopic (exact) mass is 556 g/mol. The second-order valence-corrected chi connectivity index (χ2v) is 9.59. The zero-order chi connectivity index (χ0) is 27.4. The molecular formula is C25H30Cl2N10O. The summed E-state index contributed by atoms with van der Waals surface area (Å²) in [4.78, 5) is 23.2. The molecule has 0 aliphatic heterocycles. The van der Waals surface area contributed by atoms with Crippen LogP contribution in [-0.2, 0) is 0 Å². The van der Waals surface area contributed by atoms with Crippen LogP contribution in [0.2, 0.25) is 10.0 Å². The lowest BCUT2D eigenvalue weighted by atomic mass is 10.2. The van der Waals surface area contributed by atoms with E-state index in [1.807, 2.05) is 26.1 Å². The Morgan fingerprint density at radius 1 is 0.974 bits per heavy atom. The first kappa shape index (κ1) is 27.2. The van der Waals surface area contributed by atoms with Crippen molar-refractivity contribution in [2.75, 3.05) is 11.1 Å². The van der Waals surface area contributed by atoms with Crippen molar-refractivity contribution in [2.45, 2.75) is 52.6 Å². The number of imidazole rings is 1. The standard InChI is InChI=1S/C13H14ClN5O.C12H16ClN5/c1-3-8(2)19-11-10(18-6-4-5-16-18)9(14)7-15-12(11)17-13(19)20;1-3-8(2)17-10-11(18-6-4-5-16-18)9(13)7-15-12(10)14/h4-8H,3H2,1-2H3,(H,15,17,20);4-8,17H,3H2,1-2H3,(H2,14,15)/t2*8-/m11/s1. The summed E-state index contributed by atoms with van der Waals surface area (Å²) in [6.07, 6.45) is 11.8. The number of halogens is 2. The maximum atomic E-state index is 12.2. The third kappa shape index (κ3) is 5.39. The molecule has 0 saturated carbocycles. The molecule has 200 valence electrons. The lowest BCUT2D eigenvalue weighted by molar-refractivity contribution is 0.529. The molecule has 5 aromatic heterocycles. The fraction of sp³-hybridized carbons (Fsp3) is 0.320. The van der Waals surface area contributed by atoms with E-state index in [1.165, 1.54) is 12.4 Å². The van der Waals surface area contributed by atoms with Crippen LogP contribution < -0.4 is 16.7 Å². The number of nitrogen functional groups attached to an aromatic ring is 1. The van der Waals surface area contributed by atoms with Crippen LogP contribution >= 0.6 is 23.2 Å². The molecule has 0 aromatic carbocycles. The topological polar surface area (TPSA) is 137 Å². The molecule has 0 aliphatic rings. The summed E-state index contributed by atoms with van der Waals surface area (Å²) in [7, 11) is 0. The molecule has 0 amide bonds. The number of fused-ring (bicyclic) bond motifs is 1. The number of nitrogens with one attached hydrogen (secondary N) is 2. The Balaban J connectivity index is 0.000000178. The zero-order valence-electron chi connectivity index (χ0n) is 21.6. The SMILES string of the molecule is CC[C@@H](C)Nc1c(N)ncc(Cl)c1-n1cccn1.CC[C@@H](C)n1c(=O)[nH]c2ncc(Cl)c(-n3cccn3)c21. The number of rotatable bonds is 7. The summed E-state index contributed by atoms with van der Waals surface area (Å²) in [6.45, 7) is 8.19. The number of aromatic amines is 1. The Hall–Kier alpha value is -3.83. The summed E-state index contributed by atoms with van der Waals surface area (Å²) in [5, 5.41) is 12.7. The second-order valence-electron chi connectivity index (χ2n) is 8.78. The van der Waals surface area contributed by atoms with Gasteiger partial charge >= 0.3 is 5.69 Å². The molecule has 5 aromatic rings. The number of nitrogens with two attached hydrogens (primary N) is 1. The molecule has 2 atom stereocenters. The van der Waals surface area contributed by atoms with Crippen LogP contribution in [0.5, 0.6) is 0 Å². The van der Waals surface area contributed by atoms with Crippen molar-refractivity contribution in [3.8, 4) is 11.4 Å². The minimum absolute atomic E-state index is 0.0471. The lowest BCUT2D eigenvalue weighted by Gasteiger charge is -2.18. The highest BCUT2D eigenvalue weighted by molar-refractivity contribution is 6.33. The van der Waals surface area contributed by atoms with E-state index in [0.29, 0.717) is 32.7 Å². The first-order chi connectivity index (χ1) is 18.3. The number of hydrogen-bond donors (Lipinski definition) is 3. The number of aromatic nitrogens is 8. The molecule has 0 bridgehead atoms. The molecule has 0 unspecified atom stereocenters. The van der Waals surface area contributed by atoms with E-state index in [-0.39, 0.29) is 17.8 Å². The van der Waals surface area contributed by atoms with Crippen LogP contribution in [0, 0.1) is 0 Å². The molecular weight excluding hydrogens is 527 g/mol. The van der Waals surface area contributed by atoms with Crippen LogP contribution in [0.3, 0.4) is 0 Å². The number of pyridine rings is 2. The van der Waals surface area contributed by atoms with E-state index >= 15 is 0 Å². The van der Waals surface area contributed by atoms with Gasteiger partial charge in [-0.05, 0) is 38.8 Å². The minimum Gasteiger partial charge on any atom is -0.382 e. The summed E-state index contributed by atoms with van der Waals surface area (Å²) in [5.41, 5.74) is 9.06. The van der Waals surface area contributed by atoms with E-state index in [4.69, 9.17) is 28.9 Å². The third-order valence-electron chi connectivity index (χ3n) is 6.20. The summed E-state index contributed by atoms with van der Waals surface area (Å²) < 4.78 is 5.02. The van der Waals surface area contributed by atoms with Crippen molar-refractivity contribution in [1.82, 2.24) is 39.1 Å². The summed E-state index contributed by atoms with van der Waals surface area (Å²) >= 11 is 12.5. The van der Waals surface area contributed by atoms with E-state index in [0.717, 1.165) is 24.2 Å². The summed E-state index contributed by atoms with van der Waals surface area (Å²) in [6, 6.07) is 3.97. The number of hydrogen-bond acceptors (Lipinski definition) is 7. The first-order valence-electron chi connectivity index (χ1n) is 12.3. The van der Waals surface area contributed by atoms with E-state index in [9.17, 15) is 4.79 Å². The van der Waals surface area contributed by atoms with Crippen molar-refractivity contribution >= 4 is 45.9 Å². The normalized spacial score (nSPS) is 12.7. The van der Waals surface area contributed by atoms with Crippen molar-refractivity contribution in [3.05, 3.63) is 69.8 Å². The highest BCUT2D eigenvalue weighted by Gasteiger charge is 2.20. The zero-order valence-corrected chi connectivity index (χ0v) is 23.1. The molecule has 4 N–H and O–H groups in total. The predicted octanol–water partition coefficient (Wildman–Crippen LogP) is 5.25. The fourth-order valence-corrected chi connectivity index (χ4v) is 4.34. The number of nitrogens with zero attached hydrogens (tertiary/aromatic N) is 7. The Kier molecular flexibility index (Phi) is 8.38. The Bertz CT molecular complexity index is 1560. The van der Waals surface area contributed by atoms with Crippen LogP contribution in [0.25, 0.3) is 22.5 Å². The Morgan fingerprint density at radius 3 is 2.16 bits per heavy atom. The van der Waals surface area contributed by atoms with Crippen molar-refractivity contribution < 1.29 is 0 Å². The molecule has 13 heteroatoms. The van der Waals surface area contributed by atoms with Crippen molar-refractivity contribution in [1.29, 1.82) is 0 Å². The fourth-order valence-electron chi connectivity index (χ4n) is 3.88. The second kappa shape index (κ2) is 11.7. The van der Waals surface area contributed by atoms with Gasteiger partial charge in [-0.3, -0.25) is 9.55 Å². The van der Waals surface area contributed by atoms with E-state index in [1.54, 1.807) is 38.6 Å². The highest BCUT2D eigenvalue weighted by atomic mass is 35.5. The highest BCUT2D eigenvalue weighted by Crippen LogP contribution is 2.32. The van der Waals surface area contributed by atoms with Gasteiger partial charge in [-0.25, -0.2) is 24.1 Å². The smallest absolute Gasteiger partial charge is 0.327 e. The Labute approximate surface area is 229 Å². The van der Waals surface area contributed by atoms with Crippen LogP contribution in [0.1, 0.15) is 46.6 Å². The molecule has 38 heavy (non-hydrogen) atoms. The number of H-pyrrole nitrogens is 1. The summed E-state index contributed by atoms with van der Waals surface area (Å²) in [5.74, 6) is 0.421. The quantitative estimate of drug-likeness (QED) is 0.249. The molecule has 0 saturated heterocycles. The van der Waals surface area contributed by atoms with Gasteiger partial charge in [0.15, 0.2) is 5.65 Å². The van der Waals surface area contributed by atoms with Gasteiger partial charge in [0.05, 0.1) is 22.4 Å². The maximum absolute atomic E-state index is 12.2. The van der Waals surface area contributed by atoms with Crippen LogP contribution in [0.4, 0.5) is 11.5 Å². The van der Waals surface area contributed by atoms with Gasteiger partial charge < -0.3 is 11.1 Å². The third-order valence-corrected chi connectivity index (χ3v) is 6.76. The van der Waals surface area contributed by atoms with Crippen LogP contribution in [0.15, 0.2) is 54.1 Å². The van der Waals surface area contributed by atoms with Gasteiger partial charge in [-0.1, -0.05) is 37.0 Å². The van der Waals surface area contributed by atoms with Gasteiger partial charge in [0, 0.05) is 36.9 Å². The van der Waals surface area contributed by atoms with Gasteiger partial charge in [-0.15, -0.1) is 0 Å². The van der Waals surface area contributed by atoms with Gasteiger partial charge in [0.25, 0.3) is 0 Å².